The molecule has 0 aliphatic rings. The van der Waals surface area contributed by atoms with Gasteiger partial charge in [0.1, 0.15) is 0 Å². The Morgan fingerprint density at radius 3 is 2.00 bits per heavy atom. The molecule has 0 saturated heterocycles. The molecule has 0 unspecified atom stereocenters. The van der Waals surface area contributed by atoms with Gasteiger partial charge in [0, 0.05) is 0 Å². The summed E-state index contributed by atoms with van der Waals surface area (Å²) in [6.45, 7) is 0. The van der Waals surface area contributed by atoms with Crippen LogP contribution in [0.5, 0.6) is 0 Å². The second kappa shape index (κ2) is 12.0. The van der Waals surface area contributed by atoms with Gasteiger partial charge in [-0.3, -0.25) is 0 Å². The molecule has 1 N–H and O–H groups in total. The molecule has 0 amide bonds. The SMILES string of the molecule is O=NO.[H-].[Li+]. The zero-order chi connectivity index (χ0) is 2.71. The molecule has 0 atom stereocenters. The first-order valence-corrected chi connectivity index (χ1v) is 0.383. The van der Waals surface area contributed by atoms with Crippen molar-refractivity contribution in [2.75, 3.05) is 0 Å². The summed E-state index contributed by atoms with van der Waals surface area (Å²) in [4.78, 5) is 8.11. The largest absolute Gasteiger partial charge is 1.00 e. The van der Waals surface area contributed by atoms with E-state index in [0.717, 1.165) is 0 Å². The standard InChI is InChI=1S/Li.HNO2.H/c;2-1-3;/h;(H,2,3);/q+1;;-1. The number of hydrogen-bond acceptors (Lipinski definition) is 2. The Bertz CT molecular complexity index is 17.1. The third-order valence-corrected chi connectivity index (χ3v) is 0. The summed E-state index contributed by atoms with van der Waals surface area (Å²) in [5.41, 5.74) is 0. The first kappa shape index (κ1) is 9.00. The summed E-state index contributed by atoms with van der Waals surface area (Å²) >= 11 is 0. The predicted molar refractivity (Wildman–Crippen MR) is 8.69 cm³/mol. The van der Waals surface area contributed by atoms with Crippen LogP contribution >= 0.6 is 0 Å². The van der Waals surface area contributed by atoms with E-state index in [2.05, 4.69) is 0 Å². The Morgan fingerprint density at radius 1 is 2.00 bits per heavy atom. The molecule has 0 aromatic rings. The van der Waals surface area contributed by atoms with Crippen molar-refractivity contribution in [1.82, 2.24) is 0 Å². The van der Waals surface area contributed by atoms with Crippen LogP contribution in [0.3, 0.4) is 0 Å². The second-order valence-corrected chi connectivity index (χ2v) is 0.0816. The number of hydrogen-bond donors (Lipinski definition) is 1. The van der Waals surface area contributed by atoms with Crippen LogP contribution < -0.4 is 18.9 Å². The van der Waals surface area contributed by atoms with E-state index >= 15 is 0 Å². The van der Waals surface area contributed by atoms with Gasteiger partial charge in [0.05, 0.1) is 0 Å². The molecule has 0 saturated carbocycles. The average Bonchev–Trinajstić information content (AvgIpc) is 0.918. The fourth-order valence-corrected chi connectivity index (χ4v) is 0. The van der Waals surface area contributed by atoms with Crippen LogP contribution in [0.25, 0.3) is 0 Å². The van der Waals surface area contributed by atoms with Gasteiger partial charge in [-0.15, -0.1) is 4.91 Å². The maximum absolute atomic E-state index is 8.11. The Labute approximate surface area is 36.6 Å². The van der Waals surface area contributed by atoms with Gasteiger partial charge in [0.2, 0.25) is 0 Å². The third-order valence-electron chi connectivity index (χ3n) is 0. The summed E-state index contributed by atoms with van der Waals surface area (Å²) in [6, 6.07) is 0. The van der Waals surface area contributed by atoms with Crippen LogP contribution in [0.4, 0.5) is 0 Å². The molecule has 0 heterocycles. The summed E-state index contributed by atoms with van der Waals surface area (Å²) in [6.07, 6.45) is 0. The minimum atomic E-state index is 0. The molecule has 0 aliphatic carbocycles. The van der Waals surface area contributed by atoms with Crippen molar-refractivity contribution in [2.24, 2.45) is 5.34 Å². The van der Waals surface area contributed by atoms with E-state index in [1.165, 1.54) is 5.34 Å². The Morgan fingerprint density at radius 2 is 2.00 bits per heavy atom. The maximum Gasteiger partial charge on any atom is 1.00 e. The van der Waals surface area contributed by atoms with E-state index < -0.39 is 0 Å². The Kier molecular flexibility index (Phi) is 27.1. The van der Waals surface area contributed by atoms with Gasteiger partial charge < -0.3 is 6.63 Å². The Hall–Kier alpha value is -0.00260. The fraction of sp³-hybridized carbons (Fsp3) is 0. The minimum Gasteiger partial charge on any atom is -1.00 e. The van der Waals surface area contributed by atoms with E-state index in [-0.39, 0.29) is 20.3 Å². The normalized spacial score (nSPS) is 3.00. The van der Waals surface area contributed by atoms with E-state index in [1.807, 2.05) is 0 Å². The molecule has 0 fully saturated rings. The van der Waals surface area contributed by atoms with Crippen LogP contribution in [-0.2, 0) is 0 Å². The van der Waals surface area contributed by atoms with Crippen LogP contribution in [0.2, 0.25) is 0 Å². The molecule has 4 heteroatoms. The monoisotopic (exact) mass is 55.0 g/mol. The fourth-order valence-electron chi connectivity index (χ4n) is 0. The zero-order valence-corrected chi connectivity index (χ0v) is 2.30. The zero-order valence-electron chi connectivity index (χ0n) is 3.30. The summed E-state index contributed by atoms with van der Waals surface area (Å²) in [5.74, 6) is 0. The molecular weight excluding hydrogens is 52.9 g/mol. The van der Waals surface area contributed by atoms with Crippen molar-refractivity contribution in [2.45, 2.75) is 0 Å². The van der Waals surface area contributed by atoms with Gasteiger partial charge in [-0.1, -0.05) is 0 Å². The maximum atomic E-state index is 8.11. The van der Waals surface area contributed by atoms with Gasteiger partial charge in [0.15, 0.2) is 5.34 Å². The molecule has 0 radical (unpaired) electrons. The smallest absolute Gasteiger partial charge is 1.00 e. The van der Waals surface area contributed by atoms with E-state index in [1.54, 1.807) is 0 Å². The van der Waals surface area contributed by atoms with Gasteiger partial charge in [-0.05, 0) is 0 Å². The van der Waals surface area contributed by atoms with E-state index in [4.69, 9.17) is 10.1 Å². The van der Waals surface area contributed by atoms with Gasteiger partial charge >= 0.3 is 18.9 Å². The van der Waals surface area contributed by atoms with Crippen molar-refractivity contribution in [1.29, 1.82) is 0 Å². The second-order valence-electron chi connectivity index (χ2n) is 0.0816. The number of nitrogens with zero attached hydrogens (tertiary/aromatic N) is 1. The predicted octanol–water partition coefficient (Wildman–Crippen LogP) is -2.74. The van der Waals surface area contributed by atoms with Crippen molar-refractivity contribution in [3.05, 3.63) is 4.91 Å². The Balaban J connectivity index is -0.0000000200. The molecule has 20 valence electrons. The van der Waals surface area contributed by atoms with Crippen molar-refractivity contribution in [3.63, 3.8) is 0 Å². The molecule has 0 aliphatic heterocycles. The van der Waals surface area contributed by atoms with Crippen LogP contribution in [-0.4, -0.2) is 5.21 Å². The summed E-state index contributed by atoms with van der Waals surface area (Å²) in [5, 5.41) is 7.89. The average molecular weight is 55.0 g/mol. The molecule has 0 spiro atoms. The van der Waals surface area contributed by atoms with Gasteiger partial charge in [-0.2, -0.15) is 0 Å². The van der Waals surface area contributed by atoms with Crippen LogP contribution in [0, 0.1) is 4.91 Å². The minimum absolute atomic E-state index is 0. The van der Waals surface area contributed by atoms with Crippen molar-refractivity contribution in [3.8, 4) is 0 Å². The molecule has 0 rings (SSSR count). The molecular formula is H2LiNO2. The molecule has 0 aromatic heterocycles. The molecule has 0 bridgehead atoms. The first-order valence-electron chi connectivity index (χ1n) is 0.383. The molecule has 4 heavy (non-hydrogen) atoms. The van der Waals surface area contributed by atoms with Crippen LogP contribution in [0.15, 0.2) is 5.34 Å². The third kappa shape index (κ3) is 295000. The summed E-state index contributed by atoms with van der Waals surface area (Å²) in [7, 11) is 0. The van der Waals surface area contributed by atoms with E-state index in [0.29, 0.717) is 0 Å². The van der Waals surface area contributed by atoms with Crippen molar-refractivity contribution < 1.29 is 25.5 Å². The van der Waals surface area contributed by atoms with Crippen LogP contribution in [0.1, 0.15) is 1.43 Å². The first-order chi connectivity index (χ1) is 1.41. The number of rotatable bonds is 0. The van der Waals surface area contributed by atoms with E-state index in [9.17, 15) is 0 Å². The topological polar surface area (TPSA) is 49.7 Å². The molecule has 0 aromatic carbocycles. The van der Waals surface area contributed by atoms with Gasteiger partial charge in [-0.25, -0.2) is 0 Å². The van der Waals surface area contributed by atoms with Crippen molar-refractivity contribution >= 4 is 0 Å². The quantitative estimate of drug-likeness (QED) is 0.185. The van der Waals surface area contributed by atoms with Gasteiger partial charge in [0.25, 0.3) is 0 Å². The summed E-state index contributed by atoms with van der Waals surface area (Å²) < 4.78 is 0. The molecule has 3 nitrogen and oxygen atoms in total.